The van der Waals surface area contributed by atoms with E-state index in [0.29, 0.717) is 13.0 Å². The second kappa shape index (κ2) is 46.0. The topological polar surface area (TPSA) is 214 Å². The van der Waals surface area contributed by atoms with Crippen LogP contribution in [0, 0.1) is 0 Å². The lowest BCUT2D eigenvalue weighted by molar-refractivity contribution is -0.332. The van der Waals surface area contributed by atoms with Crippen LogP contribution < -0.4 is 0 Å². The molecular formula is C60H100O14. The molecule has 0 aromatic carbocycles. The molecule has 0 spiro atoms. The van der Waals surface area contributed by atoms with Crippen LogP contribution in [0.25, 0.3) is 0 Å². The highest BCUT2D eigenvalue weighted by Gasteiger charge is 2.47. The molecule has 74 heavy (non-hydrogen) atoms. The summed E-state index contributed by atoms with van der Waals surface area (Å²) in [5.41, 5.74) is 0. The fourth-order valence-corrected chi connectivity index (χ4v) is 8.26. The van der Waals surface area contributed by atoms with E-state index < -0.39 is 86.7 Å². The van der Waals surface area contributed by atoms with Crippen molar-refractivity contribution in [3.05, 3.63) is 97.2 Å². The number of ether oxygens (including phenoxy) is 6. The van der Waals surface area contributed by atoms with Crippen molar-refractivity contribution >= 4 is 5.97 Å². The molecule has 11 atom stereocenters. The van der Waals surface area contributed by atoms with E-state index in [-0.39, 0.29) is 19.6 Å². The molecular weight excluding hydrogens is 945 g/mol. The minimum Gasteiger partial charge on any atom is -0.457 e. The molecule has 0 aromatic heterocycles. The summed E-state index contributed by atoms with van der Waals surface area (Å²) >= 11 is 0. The van der Waals surface area contributed by atoms with Gasteiger partial charge in [-0.25, -0.2) is 0 Å². The molecule has 11 unspecified atom stereocenters. The van der Waals surface area contributed by atoms with Gasteiger partial charge in [0.15, 0.2) is 12.6 Å². The summed E-state index contributed by atoms with van der Waals surface area (Å²) in [4.78, 5) is 13.1. The van der Waals surface area contributed by atoms with Gasteiger partial charge in [0, 0.05) is 13.0 Å². The molecule has 0 saturated carbocycles. The van der Waals surface area contributed by atoms with Crippen LogP contribution in [0.1, 0.15) is 174 Å². The molecule has 0 aromatic rings. The minimum absolute atomic E-state index is 0.0374. The lowest BCUT2D eigenvalue weighted by atomic mass is 9.98. The summed E-state index contributed by atoms with van der Waals surface area (Å²) in [5.74, 6) is -0.408. The Morgan fingerprint density at radius 2 is 0.878 bits per heavy atom. The number of aliphatic hydroxyl groups excluding tert-OH is 7. The van der Waals surface area contributed by atoms with E-state index in [1.165, 1.54) is 44.9 Å². The Balaban J connectivity index is 1.76. The van der Waals surface area contributed by atoms with Crippen molar-refractivity contribution in [2.75, 3.05) is 33.0 Å². The maximum atomic E-state index is 13.1. The van der Waals surface area contributed by atoms with Gasteiger partial charge < -0.3 is 64.2 Å². The number of esters is 1. The first-order valence-corrected chi connectivity index (χ1v) is 28.3. The third kappa shape index (κ3) is 32.5. The normalized spacial score (nSPS) is 25.5. The van der Waals surface area contributed by atoms with Crippen LogP contribution in [0.5, 0.6) is 0 Å². The Bertz CT molecular complexity index is 1590. The van der Waals surface area contributed by atoms with Gasteiger partial charge in [-0.2, -0.15) is 0 Å². The zero-order valence-corrected chi connectivity index (χ0v) is 45.3. The molecule has 2 aliphatic rings. The minimum atomic E-state index is -1.72. The second-order valence-electron chi connectivity index (χ2n) is 19.4. The third-order valence-corrected chi connectivity index (χ3v) is 12.8. The molecule has 14 nitrogen and oxygen atoms in total. The standard InChI is InChI=1S/C60H100O14/c1-3-5-7-9-11-13-15-17-19-21-22-23-24-25-26-27-29-31-33-35-37-39-41-43-52(62)72-49(46-69-44-42-40-38-36-34-32-30-28-20-18-16-14-12-10-8-6-4-2)47-70-59-58(68)56(66)54(64)51(74-59)48-71-60-57(67)55(65)53(63)50(45-61)73-60/h5,7,11,13-14,16-17,19-20,22-23,25-26,28-29,31,49-51,53-61,63-68H,3-4,6,8-10,12,15,18,21,24,27,30,32-48H2,1-2H3/b7-5-,13-11-,16-14-,19-17-,23-22-,26-25-,28-20-,31-29-. The largest absolute Gasteiger partial charge is 0.457 e. The fraction of sp³-hybridized carbons (Fsp3) is 0.717. The van der Waals surface area contributed by atoms with Gasteiger partial charge in [0.1, 0.15) is 54.9 Å². The number of hydrogen-bond donors (Lipinski definition) is 7. The lowest BCUT2D eigenvalue weighted by Gasteiger charge is -2.42. The zero-order valence-electron chi connectivity index (χ0n) is 45.3. The predicted octanol–water partition coefficient (Wildman–Crippen LogP) is 9.80. The number of carbonyl (C=O) groups excluding carboxylic acids is 1. The number of rotatable bonds is 44. The molecule has 0 aliphatic carbocycles. The van der Waals surface area contributed by atoms with Crippen molar-refractivity contribution in [2.45, 2.75) is 242 Å². The van der Waals surface area contributed by atoms with Crippen molar-refractivity contribution in [3.8, 4) is 0 Å². The number of aliphatic hydroxyl groups is 7. The Labute approximate surface area is 445 Å². The second-order valence-corrected chi connectivity index (χ2v) is 19.4. The van der Waals surface area contributed by atoms with E-state index >= 15 is 0 Å². The van der Waals surface area contributed by atoms with Crippen LogP contribution in [0.3, 0.4) is 0 Å². The van der Waals surface area contributed by atoms with Crippen LogP contribution in [-0.4, -0.2) is 142 Å². The fourth-order valence-electron chi connectivity index (χ4n) is 8.26. The number of carbonyl (C=O) groups is 1. The van der Waals surface area contributed by atoms with Crippen LogP contribution in [0.4, 0.5) is 0 Å². The Kier molecular flexibility index (Phi) is 41.7. The summed E-state index contributed by atoms with van der Waals surface area (Å²) in [6.45, 7) is 3.48. The quantitative estimate of drug-likeness (QED) is 0.0172. The highest BCUT2D eigenvalue weighted by atomic mass is 16.7. The predicted molar refractivity (Wildman–Crippen MR) is 293 cm³/mol. The van der Waals surface area contributed by atoms with E-state index in [1.807, 2.05) is 0 Å². The summed E-state index contributed by atoms with van der Waals surface area (Å²) in [6, 6.07) is 0. The van der Waals surface area contributed by atoms with Crippen molar-refractivity contribution in [2.24, 2.45) is 0 Å². The molecule has 14 heteroatoms. The van der Waals surface area contributed by atoms with Gasteiger partial charge in [-0.05, 0) is 96.3 Å². The van der Waals surface area contributed by atoms with Crippen molar-refractivity contribution in [1.82, 2.24) is 0 Å². The van der Waals surface area contributed by atoms with Gasteiger partial charge in [-0.3, -0.25) is 4.79 Å². The van der Waals surface area contributed by atoms with Gasteiger partial charge in [0.05, 0.1) is 26.4 Å². The van der Waals surface area contributed by atoms with E-state index in [9.17, 15) is 40.5 Å². The third-order valence-electron chi connectivity index (χ3n) is 12.8. The van der Waals surface area contributed by atoms with E-state index in [4.69, 9.17) is 28.4 Å². The summed E-state index contributed by atoms with van der Waals surface area (Å²) in [5, 5.41) is 72.3. The molecule has 0 radical (unpaired) electrons. The van der Waals surface area contributed by atoms with Crippen LogP contribution in [0.15, 0.2) is 97.2 Å². The number of allylic oxidation sites excluding steroid dienone is 16. The average molecular weight is 1050 g/mol. The summed E-state index contributed by atoms with van der Waals surface area (Å²) < 4.78 is 34.3. The van der Waals surface area contributed by atoms with Crippen LogP contribution >= 0.6 is 0 Å². The van der Waals surface area contributed by atoms with Gasteiger partial charge in [0.2, 0.25) is 0 Å². The van der Waals surface area contributed by atoms with Crippen LogP contribution in [-0.2, 0) is 33.2 Å². The van der Waals surface area contributed by atoms with Crippen molar-refractivity contribution in [3.63, 3.8) is 0 Å². The molecule has 2 fully saturated rings. The SMILES string of the molecule is CC/C=C\C/C=C\C/C=C\C/C=C\C/C=C\C/C=C\CCCCCCC(=O)OC(COCCCCCCCC/C=C\C/C=C\CCCCCC)COC1OC(COC2OC(CO)C(O)C(O)C2O)C(O)C(O)C1O. The van der Waals surface area contributed by atoms with E-state index in [0.717, 1.165) is 103 Å². The average Bonchev–Trinajstić information content (AvgIpc) is 3.40. The Hall–Kier alpha value is -3.09. The molecule has 7 N–H and O–H groups in total. The maximum Gasteiger partial charge on any atom is 0.306 e. The van der Waals surface area contributed by atoms with E-state index in [2.05, 4.69) is 111 Å². The first-order valence-electron chi connectivity index (χ1n) is 28.3. The number of unbranched alkanes of at least 4 members (excludes halogenated alkanes) is 14. The lowest BCUT2D eigenvalue weighted by Crippen LogP contribution is -2.61. The molecule has 424 valence electrons. The summed E-state index contributed by atoms with van der Waals surface area (Å²) in [7, 11) is 0. The molecule has 2 rings (SSSR count). The van der Waals surface area contributed by atoms with E-state index in [1.54, 1.807) is 0 Å². The first kappa shape index (κ1) is 67.0. The van der Waals surface area contributed by atoms with Crippen molar-refractivity contribution < 1.29 is 69.0 Å². The van der Waals surface area contributed by atoms with Crippen LogP contribution in [0.2, 0.25) is 0 Å². The maximum absolute atomic E-state index is 13.1. The smallest absolute Gasteiger partial charge is 0.306 e. The van der Waals surface area contributed by atoms with Gasteiger partial charge in [-0.15, -0.1) is 0 Å². The van der Waals surface area contributed by atoms with Gasteiger partial charge in [0.25, 0.3) is 0 Å². The van der Waals surface area contributed by atoms with Crippen molar-refractivity contribution in [1.29, 1.82) is 0 Å². The molecule has 0 bridgehead atoms. The first-order chi connectivity index (χ1) is 36.1. The zero-order chi connectivity index (χ0) is 53.7. The monoisotopic (exact) mass is 1040 g/mol. The highest BCUT2D eigenvalue weighted by molar-refractivity contribution is 5.69. The molecule has 0 amide bonds. The molecule has 2 heterocycles. The molecule has 2 saturated heterocycles. The Morgan fingerprint density at radius 1 is 0.459 bits per heavy atom. The number of hydrogen-bond acceptors (Lipinski definition) is 14. The Morgan fingerprint density at radius 3 is 1.38 bits per heavy atom. The highest BCUT2D eigenvalue weighted by Crippen LogP contribution is 2.26. The van der Waals surface area contributed by atoms with Gasteiger partial charge in [-0.1, -0.05) is 169 Å². The summed E-state index contributed by atoms with van der Waals surface area (Å²) in [6.07, 6.45) is 44.6. The molecule has 2 aliphatic heterocycles. The van der Waals surface area contributed by atoms with Gasteiger partial charge >= 0.3 is 5.97 Å².